The molecule has 0 spiro atoms. The van der Waals surface area contributed by atoms with Gasteiger partial charge < -0.3 is 4.74 Å². The number of methoxy groups -OCH3 is 1. The van der Waals surface area contributed by atoms with Crippen molar-refractivity contribution in [2.75, 3.05) is 13.7 Å². The van der Waals surface area contributed by atoms with Crippen LogP contribution in [-0.4, -0.2) is 22.1 Å². The Labute approximate surface area is 200 Å². The topological polar surface area (TPSA) is 55.4 Å². The van der Waals surface area contributed by atoms with E-state index < -0.39 is 10.0 Å². The van der Waals surface area contributed by atoms with Crippen LogP contribution in [0.4, 0.5) is 0 Å². The SMILES string of the molecule is COc1ccc(S(=O)(=O)NCC2(C)CCCC3(C)c4ccc(C(C)C)cc4CCC23)cc1C. The summed E-state index contributed by atoms with van der Waals surface area (Å²) in [5.74, 6) is 1.69. The molecule has 2 aliphatic rings. The van der Waals surface area contributed by atoms with Crippen molar-refractivity contribution in [1.29, 1.82) is 0 Å². The van der Waals surface area contributed by atoms with Crippen LogP contribution in [0.1, 0.15) is 81.5 Å². The van der Waals surface area contributed by atoms with E-state index in [0.29, 0.717) is 29.0 Å². The smallest absolute Gasteiger partial charge is 0.240 e. The van der Waals surface area contributed by atoms with E-state index >= 15 is 0 Å². The molecule has 0 aromatic heterocycles. The Morgan fingerprint density at radius 3 is 2.55 bits per heavy atom. The third-order valence-corrected chi connectivity index (χ3v) is 9.91. The number of hydrogen-bond acceptors (Lipinski definition) is 3. The summed E-state index contributed by atoms with van der Waals surface area (Å²) in [6.07, 6.45) is 5.54. The molecule has 1 N–H and O–H groups in total. The van der Waals surface area contributed by atoms with Crippen LogP contribution < -0.4 is 9.46 Å². The zero-order valence-electron chi connectivity index (χ0n) is 21.0. The highest BCUT2D eigenvalue weighted by Crippen LogP contribution is 2.57. The molecule has 180 valence electrons. The maximum absolute atomic E-state index is 13.2. The Kier molecular flexibility index (Phi) is 6.43. The molecule has 1 fully saturated rings. The fourth-order valence-electron chi connectivity index (χ4n) is 6.58. The van der Waals surface area contributed by atoms with E-state index in [-0.39, 0.29) is 10.8 Å². The van der Waals surface area contributed by atoms with Gasteiger partial charge in [0.25, 0.3) is 0 Å². The standard InChI is InChI=1S/C28H39NO3S/c1-19(2)21-8-11-24-22(17-21)9-13-26-27(4,14-7-15-28(24,26)5)18-29-33(30,31)23-10-12-25(32-6)20(3)16-23/h8,10-12,16-17,19,26,29H,7,9,13-15,18H2,1-6H3. The Hall–Kier alpha value is -1.85. The number of hydrogen-bond donors (Lipinski definition) is 1. The normalized spacial score (nSPS) is 27.2. The first kappa shape index (κ1) is 24.3. The van der Waals surface area contributed by atoms with E-state index in [1.54, 1.807) is 25.3 Å². The van der Waals surface area contributed by atoms with Gasteiger partial charge >= 0.3 is 0 Å². The molecular formula is C28H39NO3S. The van der Waals surface area contributed by atoms with Crippen molar-refractivity contribution in [2.45, 2.75) is 83.0 Å². The molecule has 0 amide bonds. The summed E-state index contributed by atoms with van der Waals surface area (Å²) in [4.78, 5) is 0.304. The minimum atomic E-state index is -3.58. The van der Waals surface area contributed by atoms with E-state index in [9.17, 15) is 8.42 Å². The minimum absolute atomic E-state index is 0.0734. The first-order valence-electron chi connectivity index (χ1n) is 12.3. The van der Waals surface area contributed by atoms with Gasteiger partial charge in [0.05, 0.1) is 12.0 Å². The summed E-state index contributed by atoms with van der Waals surface area (Å²) in [6, 6.07) is 12.1. The van der Waals surface area contributed by atoms with E-state index in [2.05, 4.69) is 50.6 Å². The molecule has 2 aromatic rings. The molecule has 0 saturated heterocycles. The molecule has 0 aliphatic heterocycles. The molecular weight excluding hydrogens is 430 g/mol. The molecule has 0 bridgehead atoms. The molecule has 3 atom stereocenters. The molecule has 3 unspecified atom stereocenters. The van der Waals surface area contributed by atoms with Gasteiger partial charge in [-0.2, -0.15) is 0 Å². The van der Waals surface area contributed by atoms with Gasteiger partial charge in [0.15, 0.2) is 0 Å². The number of fused-ring (bicyclic) bond motifs is 3. The van der Waals surface area contributed by atoms with E-state index in [4.69, 9.17) is 4.74 Å². The quantitative estimate of drug-likeness (QED) is 0.555. The fraction of sp³-hybridized carbons (Fsp3) is 0.571. The molecule has 2 aromatic carbocycles. The van der Waals surface area contributed by atoms with Crippen molar-refractivity contribution in [2.24, 2.45) is 11.3 Å². The zero-order valence-corrected chi connectivity index (χ0v) is 21.8. The predicted molar refractivity (Wildman–Crippen MR) is 135 cm³/mol. The van der Waals surface area contributed by atoms with Crippen LogP contribution in [0.25, 0.3) is 0 Å². The molecule has 5 heteroatoms. The van der Waals surface area contributed by atoms with Crippen molar-refractivity contribution in [3.8, 4) is 5.75 Å². The molecule has 33 heavy (non-hydrogen) atoms. The van der Waals surface area contributed by atoms with Gasteiger partial charge in [0.2, 0.25) is 10.0 Å². The van der Waals surface area contributed by atoms with Crippen molar-refractivity contribution < 1.29 is 13.2 Å². The van der Waals surface area contributed by atoms with E-state index in [1.165, 1.54) is 23.1 Å². The first-order chi connectivity index (χ1) is 15.5. The van der Waals surface area contributed by atoms with Crippen molar-refractivity contribution in [3.63, 3.8) is 0 Å². The van der Waals surface area contributed by atoms with Crippen LogP contribution in [0.5, 0.6) is 5.75 Å². The molecule has 0 radical (unpaired) electrons. The number of rotatable bonds is 6. The highest BCUT2D eigenvalue weighted by atomic mass is 32.2. The van der Waals surface area contributed by atoms with E-state index in [1.807, 2.05) is 6.92 Å². The third kappa shape index (κ3) is 4.35. The lowest BCUT2D eigenvalue weighted by atomic mass is 9.50. The van der Waals surface area contributed by atoms with Crippen LogP contribution in [0.3, 0.4) is 0 Å². The highest BCUT2D eigenvalue weighted by molar-refractivity contribution is 7.89. The monoisotopic (exact) mass is 469 g/mol. The Morgan fingerprint density at radius 2 is 1.88 bits per heavy atom. The second-order valence-electron chi connectivity index (χ2n) is 11.0. The average molecular weight is 470 g/mol. The summed E-state index contributed by atoms with van der Waals surface area (Å²) in [6.45, 7) is 11.6. The number of ether oxygens (including phenoxy) is 1. The van der Waals surface area contributed by atoms with Gasteiger partial charge in [-0.3, -0.25) is 0 Å². The Balaban J connectivity index is 1.58. The Morgan fingerprint density at radius 1 is 1.12 bits per heavy atom. The fourth-order valence-corrected chi connectivity index (χ4v) is 7.84. The van der Waals surface area contributed by atoms with Crippen molar-refractivity contribution in [1.82, 2.24) is 4.72 Å². The highest BCUT2D eigenvalue weighted by Gasteiger charge is 2.51. The lowest BCUT2D eigenvalue weighted by Crippen LogP contribution is -2.53. The van der Waals surface area contributed by atoms with E-state index in [0.717, 1.165) is 31.2 Å². The molecule has 4 nitrogen and oxygen atoms in total. The summed E-state index contributed by atoms with van der Waals surface area (Å²) in [5.41, 5.74) is 5.24. The summed E-state index contributed by atoms with van der Waals surface area (Å²) in [7, 11) is -1.99. The molecule has 1 saturated carbocycles. The van der Waals surface area contributed by atoms with Crippen LogP contribution >= 0.6 is 0 Å². The van der Waals surface area contributed by atoms with Crippen LogP contribution in [0, 0.1) is 18.3 Å². The van der Waals surface area contributed by atoms with Crippen LogP contribution in [-0.2, 0) is 21.9 Å². The Bertz CT molecular complexity index is 1140. The maximum atomic E-state index is 13.2. The predicted octanol–water partition coefficient (Wildman–Crippen LogP) is 6.12. The van der Waals surface area contributed by atoms with Gasteiger partial charge in [-0.15, -0.1) is 0 Å². The maximum Gasteiger partial charge on any atom is 0.240 e. The van der Waals surface area contributed by atoms with Gasteiger partial charge in [-0.05, 0) is 95.7 Å². The number of benzene rings is 2. The van der Waals surface area contributed by atoms with Crippen molar-refractivity contribution in [3.05, 3.63) is 58.7 Å². The third-order valence-electron chi connectivity index (χ3n) is 8.51. The molecule has 0 heterocycles. The van der Waals surface area contributed by atoms with Gasteiger partial charge in [0.1, 0.15) is 5.75 Å². The summed E-state index contributed by atoms with van der Waals surface area (Å²) >= 11 is 0. The van der Waals surface area contributed by atoms with Crippen LogP contribution in [0.2, 0.25) is 0 Å². The largest absolute Gasteiger partial charge is 0.496 e. The lowest BCUT2D eigenvalue weighted by Gasteiger charge is -2.55. The first-order valence-corrected chi connectivity index (χ1v) is 13.8. The van der Waals surface area contributed by atoms with Crippen LogP contribution in [0.15, 0.2) is 41.3 Å². The lowest BCUT2D eigenvalue weighted by molar-refractivity contribution is 0.0299. The zero-order chi connectivity index (χ0) is 24.0. The second-order valence-corrected chi connectivity index (χ2v) is 12.8. The number of sulfonamides is 1. The van der Waals surface area contributed by atoms with Gasteiger partial charge in [-0.1, -0.05) is 52.3 Å². The van der Waals surface area contributed by atoms with Gasteiger partial charge in [0, 0.05) is 6.54 Å². The minimum Gasteiger partial charge on any atom is -0.496 e. The second kappa shape index (κ2) is 8.74. The average Bonchev–Trinajstić information content (AvgIpc) is 2.77. The van der Waals surface area contributed by atoms with Crippen molar-refractivity contribution >= 4 is 10.0 Å². The molecule has 2 aliphatic carbocycles. The molecule has 4 rings (SSSR count). The summed E-state index contributed by atoms with van der Waals surface area (Å²) < 4.78 is 34.6. The van der Waals surface area contributed by atoms with Gasteiger partial charge in [-0.25, -0.2) is 13.1 Å². The summed E-state index contributed by atoms with van der Waals surface area (Å²) in [5, 5.41) is 0. The number of nitrogens with one attached hydrogen (secondary N) is 1. The number of aryl methyl sites for hydroxylation is 2.